The highest BCUT2D eigenvalue weighted by Gasteiger charge is 2.12. The topological polar surface area (TPSA) is 145 Å². The van der Waals surface area contributed by atoms with Crippen LogP contribution in [0, 0.1) is 0 Å². The van der Waals surface area contributed by atoms with Crippen LogP contribution in [0.25, 0.3) is 5.95 Å². The van der Waals surface area contributed by atoms with Crippen LogP contribution < -0.4 is 11.0 Å². The molecule has 10 nitrogen and oxygen atoms in total. The average Bonchev–Trinajstić information content (AvgIpc) is 3.13. The number of rotatable bonds is 4. The van der Waals surface area contributed by atoms with Crippen LogP contribution in [-0.2, 0) is 0 Å². The minimum Gasteiger partial charge on any atom is -0.504 e. The number of carbonyl (C=O) groups is 1. The molecule has 0 saturated heterocycles. The highest BCUT2D eigenvalue weighted by molar-refractivity contribution is 5.94. The number of para-hydroxylation sites is 1. The van der Waals surface area contributed by atoms with Crippen molar-refractivity contribution in [3.8, 4) is 17.4 Å². The second-order valence-corrected chi connectivity index (χ2v) is 4.81. The Hall–Kier alpha value is -3.95. The first-order chi connectivity index (χ1) is 12.1. The van der Waals surface area contributed by atoms with E-state index in [0.717, 1.165) is 12.4 Å². The van der Waals surface area contributed by atoms with E-state index in [1.54, 1.807) is 12.3 Å². The normalized spacial score (nSPS) is 10.9. The SMILES string of the molecule is O=C(N/N=C/c1cccc(O)c1O)c1cnc(-n2cccn2)[nH]c1=O. The van der Waals surface area contributed by atoms with Gasteiger partial charge in [-0.05, 0) is 18.2 Å². The number of hydrogen-bond donors (Lipinski definition) is 4. The summed E-state index contributed by atoms with van der Waals surface area (Å²) in [7, 11) is 0. The maximum Gasteiger partial charge on any atom is 0.278 e. The van der Waals surface area contributed by atoms with Gasteiger partial charge in [-0.15, -0.1) is 0 Å². The Bertz CT molecular complexity index is 994. The number of carbonyl (C=O) groups excluding carboxylic acids is 1. The van der Waals surface area contributed by atoms with E-state index in [-0.39, 0.29) is 28.6 Å². The van der Waals surface area contributed by atoms with E-state index in [1.807, 2.05) is 0 Å². The third-order valence-corrected chi connectivity index (χ3v) is 3.17. The van der Waals surface area contributed by atoms with Gasteiger partial charge in [0.25, 0.3) is 11.5 Å². The summed E-state index contributed by atoms with van der Waals surface area (Å²) in [5, 5.41) is 26.5. The molecule has 3 aromatic rings. The summed E-state index contributed by atoms with van der Waals surface area (Å²) in [6, 6.07) is 5.95. The molecule has 25 heavy (non-hydrogen) atoms. The van der Waals surface area contributed by atoms with Gasteiger partial charge in [0.05, 0.1) is 6.21 Å². The van der Waals surface area contributed by atoms with Gasteiger partial charge >= 0.3 is 0 Å². The number of H-pyrrole nitrogens is 1. The number of benzene rings is 1. The molecule has 0 aliphatic heterocycles. The molecule has 4 N–H and O–H groups in total. The average molecular weight is 340 g/mol. The molecule has 1 aromatic carbocycles. The van der Waals surface area contributed by atoms with Gasteiger partial charge in [-0.2, -0.15) is 10.2 Å². The molecule has 3 rings (SSSR count). The molecule has 0 radical (unpaired) electrons. The summed E-state index contributed by atoms with van der Waals surface area (Å²) < 4.78 is 1.34. The summed E-state index contributed by atoms with van der Waals surface area (Å²) in [5.74, 6) is -1.30. The summed E-state index contributed by atoms with van der Waals surface area (Å²) in [5.41, 5.74) is 1.44. The Balaban J connectivity index is 1.74. The van der Waals surface area contributed by atoms with Crippen molar-refractivity contribution in [1.29, 1.82) is 0 Å². The Morgan fingerprint density at radius 1 is 1.32 bits per heavy atom. The number of nitrogens with one attached hydrogen (secondary N) is 2. The van der Waals surface area contributed by atoms with E-state index in [4.69, 9.17) is 0 Å². The Morgan fingerprint density at radius 3 is 2.88 bits per heavy atom. The monoisotopic (exact) mass is 340 g/mol. The molecule has 0 atom stereocenters. The summed E-state index contributed by atoms with van der Waals surface area (Å²) in [6.45, 7) is 0. The Kier molecular flexibility index (Phi) is 4.24. The maximum absolute atomic E-state index is 12.0. The number of phenolic OH excluding ortho intramolecular Hbond substituents is 2. The van der Waals surface area contributed by atoms with Crippen LogP contribution in [0.2, 0.25) is 0 Å². The van der Waals surface area contributed by atoms with E-state index in [0.29, 0.717) is 0 Å². The number of aromatic hydroxyl groups is 2. The molecule has 0 fully saturated rings. The lowest BCUT2D eigenvalue weighted by molar-refractivity contribution is 0.0953. The fourth-order valence-corrected chi connectivity index (χ4v) is 1.93. The van der Waals surface area contributed by atoms with Crippen molar-refractivity contribution in [2.45, 2.75) is 0 Å². The molecule has 0 aliphatic rings. The molecule has 0 unspecified atom stereocenters. The van der Waals surface area contributed by atoms with Crippen molar-refractivity contribution < 1.29 is 15.0 Å². The van der Waals surface area contributed by atoms with Crippen molar-refractivity contribution in [1.82, 2.24) is 25.2 Å². The number of amides is 1. The molecule has 2 aromatic heterocycles. The number of hydrazone groups is 1. The summed E-state index contributed by atoms with van der Waals surface area (Å²) in [6.07, 6.45) is 5.34. The van der Waals surface area contributed by atoms with Crippen molar-refractivity contribution >= 4 is 12.1 Å². The molecule has 0 spiro atoms. The lowest BCUT2D eigenvalue weighted by atomic mass is 10.2. The van der Waals surface area contributed by atoms with Gasteiger partial charge in [-0.3, -0.25) is 14.6 Å². The first-order valence-corrected chi connectivity index (χ1v) is 7.00. The quantitative estimate of drug-likeness (QED) is 0.302. The van der Waals surface area contributed by atoms with Crippen LogP contribution in [0.15, 0.2) is 52.8 Å². The zero-order chi connectivity index (χ0) is 17.8. The Labute approximate surface area is 140 Å². The molecule has 126 valence electrons. The van der Waals surface area contributed by atoms with E-state index in [9.17, 15) is 19.8 Å². The van der Waals surface area contributed by atoms with Gasteiger partial charge in [0.1, 0.15) is 5.56 Å². The van der Waals surface area contributed by atoms with Gasteiger partial charge in [-0.1, -0.05) is 6.07 Å². The zero-order valence-corrected chi connectivity index (χ0v) is 12.6. The van der Waals surface area contributed by atoms with E-state index >= 15 is 0 Å². The number of hydrogen-bond acceptors (Lipinski definition) is 7. The standard InChI is InChI=1S/C15H12N6O4/c22-11-4-1-3-9(12(11)23)7-17-20-14(25)10-8-16-15(19-13(10)24)21-6-2-5-18-21/h1-8,22-23H,(H,20,25)(H,16,19,24)/b17-7+. The van der Waals surface area contributed by atoms with E-state index in [1.165, 1.54) is 29.1 Å². The number of aromatic nitrogens is 4. The first kappa shape index (κ1) is 15.9. The van der Waals surface area contributed by atoms with Gasteiger partial charge in [-0.25, -0.2) is 15.1 Å². The second-order valence-electron chi connectivity index (χ2n) is 4.81. The van der Waals surface area contributed by atoms with Gasteiger partial charge in [0.15, 0.2) is 11.5 Å². The molecular formula is C15H12N6O4. The lowest BCUT2D eigenvalue weighted by Crippen LogP contribution is -2.27. The van der Waals surface area contributed by atoms with Crippen LogP contribution in [0.3, 0.4) is 0 Å². The predicted molar refractivity (Wildman–Crippen MR) is 86.8 cm³/mol. The minimum atomic E-state index is -0.781. The molecule has 0 bridgehead atoms. The van der Waals surface area contributed by atoms with Crippen LogP contribution in [0.1, 0.15) is 15.9 Å². The highest BCUT2D eigenvalue weighted by Crippen LogP contribution is 2.26. The molecule has 2 heterocycles. The number of aromatic amines is 1. The molecule has 10 heteroatoms. The van der Waals surface area contributed by atoms with Gasteiger partial charge in [0, 0.05) is 24.2 Å². The smallest absolute Gasteiger partial charge is 0.278 e. The third-order valence-electron chi connectivity index (χ3n) is 3.17. The third kappa shape index (κ3) is 3.37. The van der Waals surface area contributed by atoms with Crippen LogP contribution in [-0.4, -0.2) is 42.1 Å². The summed E-state index contributed by atoms with van der Waals surface area (Å²) >= 11 is 0. The predicted octanol–water partition coefficient (Wildman–Crippen LogP) is 0.131. The van der Waals surface area contributed by atoms with Crippen molar-refractivity contribution in [3.63, 3.8) is 0 Å². The van der Waals surface area contributed by atoms with Crippen LogP contribution in [0.5, 0.6) is 11.5 Å². The van der Waals surface area contributed by atoms with Crippen molar-refractivity contribution in [2.24, 2.45) is 5.10 Å². The fraction of sp³-hybridized carbons (Fsp3) is 0. The molecular weight excluding hydrogens is 328 g/mol. The molecule has 0 saturated carbocycles. The lowest BCUT2D eigenvalue weighted by Gasteiger charge is -2.03. The fourth-order valence-electron chi connectivity index (χ4n) is 1.93. The van der Waals surface area contributed by atoms with Crippen LogP contribution in [0.4, 0.5) is 0 Å². The van der Waals surface area contributed by atoms with E-state index in [2.05, 4.69) is 25.6 Å². The second kappa shape index (κ2) is 6.66. The molecule has 1 amide bonds. The number of nitrogens with zero attached hydrogens (tertiary/aromatic N) is 4. The highest BCUT2D eigenvalue weighted by atomic mass is 16.3. The maximum atomic E-state index is 12.0. The van der Waals surface area contributed by atoms with Gasteiger partial charge in [0.2, 0.25) is 5.95 Å². The zero-order valence-electron chi connectivity index (χ0n) is 12.6. The summed E-state index contributed by atoms with van der Waals surface area (Å²) in [4.78, 5) is 30.4. The van der Waals surface area contributed by atoms with E-state index < -0.39 is 11.5 Å². The van der Waals surface area contributed by atoms with Crippen LogP contribution >= 0.6 is 0 Å². The largest absolute Gasteiger partial charge is 0.504 e. The first-order valence-electron chi connectivity index (χ1n) is 7.00. The van der Waals surface area contributed by atoms with Crippen molar-refractivity contribution in [3.05, 3.63) is 64.3 Å². The Morgan fingerprint density at radius 2 is 2.16 bits per heavy atom. The van der Waals surface area contributed by atoms with Gasteiger partial charge < -0.3 is 10.2 Å². The molecule has 0 aliphatic carbocycles. The minimum absolute atomic E-state index is 0.166. The van der Waals surface area contributed by atoms with Crippen molar-refractivity contribution in [2.75, 3.05) is 0 Å². The number of phenols is 2.